The molecule has 74 valence electrons. The van der Waals surface area contributed by atoms with Gasteiger partial charge in [-0.25, -0.2) is 4.52 Å². The Kier molecular flexibility index (Phi) is 2.41. The van der Waals surface area contributed by atoms with Crippen LogP contribution < -0.4 is 4.74 Å². The molecule has 0 aromatic carbocycles. The number of hydrogen-bond acceptors (Lipinski definition) is 2. The Morgan fingerprint density at radius 1 is 1.57 bits per heavy atom. The van der Waals surface area contributed by atoms with Crippen molar-refractivity contribution >= 4 is 21.4 Å². The van der Waals surface area contributed by atoms with Crippen LogP contribution >= 0.6 is 15.9 Å². The van der Waals surface area contributed by atoms with Gasteiger partial charge in [0.05, 0.1) is 18.3 Å². The summed E-state index contributed by atoms with van der Waals surface area (Å²) >= 11 is 3.32. The van der Waals surface area contributed by atoms with E-state index >= 15 is 0 Å². The number of halogens is 2. The molecule has 0 aliphatic rings. The number of aromatic nitrogens is 2. The van der Waals surface area contributed by atoms with Crippen molar-refractivity contribution in [2.45, 2.75) is 6.92 Å². The van der Waals surface area contributed by atoms with Crippen LogP contribution in [0, 0.1) is 5.95 Å². The van der Waals surface area contributed by atoms with Gasteiger partial charge in [-0.3, -0.25) is 0 Å². The highest BCUT2D eigenvalue weighted by molar-refractivity contribution is 9.10. The topological polar surface area (TPSA) is 26.5 Å². The van der Waals surface area contributed by atoms with Crippen LogP contribution in [0.2, 0.25) is 0 Å². The molecule has 0 aliphatic heterocycles. The highest BCUT2D eigenvalue weighted by Gasteiger charge is 2.06. The van der Waals surface area contributed by atoms with Gasteiger partial charge in [0.1, 0.15) is 5.75 Å². The minimum Gasteiger partial charge on any atom is -0.492 e. The van der Waals surface area contributed by atoms with E-state index in [4.69, 9.17) is 4.74 Å². The lowest BCUT2D eigenvalue weighted by Crippen LogP contribution is -1.95. The molecule has 0 atom stereocenters. The van der Waals surface area contributed by atoms with E-state index in [0.29, 0.717) is 17.9 Å². The minimum atomic E-state index is -0.501. The molecule has 2 rings (SSSR count). The van der Waals surface area contributed by atoms with Gasteiger partial charge in [-0.1, -0.05) is 0 Å². The van der Waals surface area contributed by atoms with Crippen LogP contribution in [0.15, 0.2) is 22.8 Å². The van der Waals surface area contributed by atoms with Crippen molar-refractivity contribution in [3.63, 3.8) is 0 Å². The van der Waals surface area contributed by atoms with Crippen LogP contribution in [-0.4, -0.2) is 16.2 Å². The van der Waals surface area contributed by atoms with Gasteiger partial charge in [-0.15, -0.1) is 5.10 Å². The first-order valence-corrected chi connectivity index (χ1v) is 4.97. The Balaban J connectivity index is 2.59. The highest BCUT2D eigenvalue weighted by atomic mass is 79.9. The monoisotopic (exact) mass is 258 g/mol. The summed E-state index contributed by atoms with van der Waals surface area (Å²) < 4.78 is 20.3. The lowest BCUT2D eigenvalue weighted by Gasteiger charge is -2.04. The summed E-state index contributed by atoms with van der Waals surface area (Å²) in [4.78, 5) is 0. The zero-order chi connectivity index (χ0) is 10.1. The predicted molar refractivity (Wildman–Crippen MR) is 54.0 cm³/mol. The quantitative estimate of drug-likeness (QED) is 0.828. The molecule has 0 radical (unpaired) electrons. The summed E-state index contributed by atoms with van der Waals surface area (Å²) in [6.45, 7) is 2.46. The Morgan fingerprint density at radius 2 is 2.36 bits per heavy atom. The van der Waals surface area contributed by atoms with E-state index in [1.807, 2.05) is 6.92 Å². The van der Waals surface area contributed by atoms with Crippen molar-refractivity contribution in [2.75, 3.05) is 6.61 Å². The van der Waals surface area contributed by atoms with Crippen molar-refractivity contribution in [3.05, 3.63) is 28.7 Å². The first-order valence-electron chi connectivity index (χ1n) is 4.18. The minimum absolute atomic E-state index is 0.501. The SMILES string of the molecule is CCOc1cc(Br)c2cc(F)nn2c1. The molecule has 0 amide bonds. The molecule has 0 N–H and O–H groups in total. The lowest BCUT2D eigenvalue weighted by molar-refractivity contribution is 0.337. The van der Waals surface area contributed by atoms with Crippen molar-refractivity contribution in [3.8, 4) is 5.75 Å². The van der Waals surface area contributed by atoms with Gasteiger partial charge < -0.3 is 4.74 Å². The number of pyridine rings is 1. The van der Waals surface area contributed by atoms with E-state index < -0.39 is 5.95 Å². The van der Waals surface area contributed by atoms with Crippen molar-refractivity contribution < 1.29 is 9.13 Å². The maximum Gasteiger partial charge on any atom is 0.233 e. The number of nitrogens with zero attached hydrogens (tertiary/aromatic N) is 2. The molecule has 3 nitrogen and oxygen atoms in total. The van der Waals surface area contributed by atoms with Gasteiger partial charge in [0.25, 0.3) is 0 Å². The summed E-state index contributed by atoms with van der Waals surface area (Å²) in [5.41, 5.74) is 0.686. The molecule has 0 bridgehead atoms. The zero-order valence-corrected chi connectivity index (χ0v) is 9.08. The van der Waals surface area contributed by atoms with Gasteiger partial charge in [-0.2, -0.15) is 4.39 Å². The van der Waals surface area contributed by atoms with Crippen LogP contribution in [0.25, 0.3) is 5.52 Å². The molecule has 2 aromatic rings. The molecule has 0 aliphatic carbocycles. The molecule has 0 saturated heterocycles. The van der Waals surface area contributed by atoms with Crippen molar-refractivity contribution in [2.24, 2.45) is 0 Å². The Bertz CT molecular complexity index is 469. The summed E-state index contributed by atoms with van der Waals surface area (Å²) in [7, 11) is 0. The normalized spacial score (nSPS) is 10.8. The largest absolute Gasteiger partial charge is 0.492 e. The zero-order valence-electron chi connectivity index (χ0n) is 7.50. The van der Waals surface area contributed by atoms with Gasteiger partial charge in [0.2, 0.25) is 5.95 Å². The number of rotatable bonds is 2. The summed E-state index contributed by atoms with van der Waals surface area (Å²) in [6.07, 6.45) is 1.65. The number of ether oxygens (including phenoxy) is 1. The molecule has 0 saturated carbocycles. The maximum absolute atomic E-state index is 12.8. The summed E-state index contributed by atoms with van der Waals surface area (Å²) in [6, 6.07) is 3.15. The van der Waals surface area contributed by atoms with E-state index in [2.05, 4.69) is 21.0 Å². The van der Waals surface area contributed by atoms with E-state index in [1.54, 1.807) is 12.3 Å². The third kappa shape index (κ3) is 1.59. The second-order valence-corrected chi connectivity index (χ2v) is 3.61. The van der Waals surface area contributed by atoms with Crippen LogP contribution in [0.1, 0.15) is 6.92 Å². The predicted octanol–water partition coefficient (Wildman–Crippen LogP) is 2.63. The van der Waals surface area contributed by atoms with E-state index in [0.717, 1.165) is 4.47 Å². The Hall–Kier alpha value is -1.10. The van der Waals surface area contributed by atoms with Gasteiger partial charge in [0, 0.05) is 10.5 Å². The molecule has 0 fully saturated rings. The molecular formula is C9H8BrFN2O. The van der Waals surface area contributed by atoms with E-state index in [1.165, 1.54) is 10.6 Å². The number of fused-ring (bicyclic) bond motifs is 1. The van der Waals surface area contributed by atoms with Gasteiger partial charge in [-0.05, 0) is 28.9 Å². The molecule has 0 spiro atoms. The molecular weight excluding hydrogens is 251 g/mol. The summed E-state index contributed by atoms with van der Waals surface area (Å²) in [5, 5.41) is 3.66. The first-order chi connectivity index (χ1) is 6.70. The maximum atomic E-state index is 12.8. The van der Waals surface area contributed by atoms with Crippen LogP contribution in [0.4, 0.5) is 4.39 Å². The van der Waals surface area contributed by atoms with Gasteiger partial charge in [0.15, 0.2) is 0 Å². The number of hydrogen-bond donors (Lipinski definition) is 0. The molecule has 14 heavy (non-hydrogen) atoms. The van der Waals surface area contributed by atoms with E-state index in [9.17, 15) is 4.39 Å². The van der Waals surface area contributed by atoms with Crippen molar-refractivity contribution in [1.29, 1.82) is 0 Å². The van der Waals surface area contributed by atoms with Crippen molar-refractivity contribution in [1.82, 2.24) is 9.61 Å². The van der Waals surface area contributed by atoms with Gasteiger partial charge >= 0.3 is 0 Å². The summed E-state index contributed by atoms with van der Waals surface area (Å²) in [5.74, 6) is 0.161. The fraction of sp³-hybridized carbons (Fsp3) is 0.222. The van der Waals surface area contributed by atoms with Crippen LogP contribution in [0.3, 0.4) is 0 Å². The average Bonchev–Trinajstić information content (AvgIpc) is 2.47. The average molecular weight is 259 g/mol. The fourth-order valence-corrected chi connectivity index (χ4v) is 1.77. The third-order valence-electron chi connectivity index (χ3n) is 1.78. The second-order valence-electron chi connectivity index (χ2n) is 2.75. The van der Waals surface area contributed by atoms with E-state index in [-0.39, 0.29) is 0 Å². The molecule has 5 heteroatoms. The third-order valence-corrected chi connectivity index (χ3v) is 2.42. The lowest BCUT2D eigenvalue weighted by atomic mass is 10.4. The Morgan fingerprint density at radius 3 is 3.07 bits per heavy atom. The second kappa shape index (κ2) is 3.57. The highest BCUT2D eigenvalue weighted by Crippen LogP contribution is 2.24. The molecule has 2 heterocycles. The fourth-order valence-electron chi connectivity index (χ4n) is 1.24. The standard InChI is InChI=1S/C9H8BrFN2O/c1-2-14-6-3-7(10)8-4-9(11)12-13(8)5-6/h3-5H,2H2,1H3. The first kappa shape index (κ1) is 9.45. The van der Waals surface area contributed by atoms with Crippen LogP contribution in [-0.2, 0) is 0 Å². The van der Waals surface area contributed by atoms with Crippen LogP contribution in [0.5, 0.6) is 5.75 Å². The molecule has 2 aromatic heterocycles. The molecule has 0 unspecified atom stereocenters. The smallest absolute Gasteiger partial charge is 0.233 e. The Labute approximate surface area is 88.6 Å².